The van der Waals surface area contributed by atoms with Crippen LogP contribution in [0.25, 0.3) is 0 Å². The van der Waals surface area contributed by atoms with E-state index in [1.54, 1.807) is 6.92 Å². The fourth-order valence-corrected chi connectivity index (χ4v) is 1.55. The monoisotopic (exact) mass is 238 g/mol. The number of carboxylic acids is 1. The summed E-state index contributed by atoms with van der Waals surface area (Å²) in [6, 6.07) is 0. The minimum atomic E-state index is -0.824. The van der Waals surface area contributed by atoms with Crippen LogP contribution in [0.5, 0.6) is 0 Å². The molecule has 0 aliphatic carbocycles. The van der Waals surface area contributed by atoms with Gasteiger partial charge in [0.15, 0.2) is 0 Å². The van der Waals surface area contributed by atoms with E-state index in [-0.39, 0.29) is 13.2 Å². The van der Waals surface area contributed by atoms with Crippen LogP contribution < -0.4 is 0 Å². The van der Waals surface area contributed by atoms with Crippen molar-refractivity contribution < 1.29 is 24.9 Å². The number of hydrogen-bond donors (Lipinski definition) is 3. The molecule has 0 saturated heterocycles. The van der Waals surface area contributed by atoms with E-state index in [4.69, 9.17) is 20.1 Å². The molecule has 6 heteroatoms. The van der Waals surface area contributed by atoms with E-state index >= 15 is 0 Å². The predicted molar refractivity (Wildman–Crippen MR) is 58.1 cm³/mol. The average molecular weight is 238 g/mol. The SMILES string of the molecule is CC(SCCCOCC(O)CO)C(=O)O. The van der Waals surface area contributed by atoms with Crippen molar-refractivity contribution in [2.24, 2.45) is 0 Å². The van der Waals surface area contributed by atoms with Gasteiger partial charge in [0.2, 0.25) is 0 Å². The van der Waals surface area contributed by atoms with Crippen LogP contribution >= 0.6 is 11.8 Å². The standard InChI is InChI=1S/C9H18O5S/c1-7(9(12)13)15-4-2-3-14-6-8(11)5-10/h7-8,10-11H,2-6H2,1H3,(H,12,13). The van der Waals surface area contributed by atoms with Crippen LogP contribution in [0.1, 0.15) is 13.3 Å². The zero-order valence-electron chi connectivity index (χ0n) is 8.76. The number of aliphatic hydroxyl groups is 2. The van der Waals surface area contributed by atoms with E-state index in [1.165, 1.54) is 11.8 Å². The molecule has 0 aromatic rings. The Balaban J connectivity index is 3.21. The number of rotatable bonds is 9. The lowest BCUT2D eigenvalue weighted by atomic mass is 10.4. The van der Waals surface area contributed by atoms with E-state index in [0.717, 1.165) is 6.42 Å². The Morgan fingerprint density at radius 1 is 1.53 bits per heavy atom. The molecule has 5 nitrogen and oxygen atoms in total. The molecular formula is C9H18O5S. The molecule has 0 rings (SSSR count). The zero-order valence-corrected chi connectivity index (χ0v) is 9.57. The van der Waals surface area contributed by atoms with Gasteiger partial charge in [-0.15, -0.1) is 11.8 Å². The third-order valence-corrected chi connectivity index (χ3v) is 2.90. The van der Waals surface area contributed by atoms with Gasteiger partial charge in [-0.3, -0.25) is 4.79 Å². The fourth-order valence-electron chi connectivity index (χ4n) is 0.764. The molecular weight excluding hydrogens is 220 g/mol. The van der Waals surface area contributed by atoms with Gasteiger partial charge >= 0.3 is 5.97 Å². The van der Waals surface area contributed by atoms with Crippen LogP contribution in [0, 0.1) is 0 Å². The summed E-state index contributed by atoms with van der Waals surface area (Å²) < 4.78 is 5.06. The maximum atomic E-state index is 10.4. The third-order valence-electron chi connectivity index (χ3n) is 1.67. The van der Waals surface area contributed by atoms with Crippen LogP contribution in [0.4, 0.5) is 0 Å². The number of aliphatic hydroxyl groups excluding tert-OH is 2. The number of carbonyl (C=O) groups is 1. The Labute approximate surface area is 93.4 Å². The second-order valence-corrected chi connectivity index (χ2v) is 4.56. The zero-order chi connectivity index (χ0) is 11.7. The molecule has 0 amide bonds. The van der Waals surface area contributed by atoms with Crippen molar-refractivity contribution in [2.45, 2.75) is 24.7 Å². The minimum absolute atomic E-state index is 0.121. The fraction of sp³-hybridized carbons (Fsp3) is 0.889. The molecule has 2 unspecified atom stereocenters. The van der Waals surface area contributed by atoms with Crippen molar-refractivity contribution in [2.75, 3.05) is 25.6 Å². The van der Waals surface area contributed by atoms with Crippen molar-refractivity contribution in [1.82, 2.24) is 0 Å². The first-order chi connectivity index (χ1) is 7.07. The van der Waals surface area contributed by atoms with Crippen molar-refractivity contribution in [3.8, 4) is 0 Å². The largest absolute Gasteiger partial charge is 0.480 e. The number of thioether (sulfide) groups is 1. The molecule has 0 fully saturated rings. The normalized spacial score (nSPS) is 14.9. The minimum Gasteiger partial charge on any atom is -0.480 e. The predicted octanol–water partition coefficient (Wildman–Crippen LogP) is -0.0474. The molecule has 90 valence electrons. The maximum absolute atomic E-state index is 10.4. The van der Waals surface area contributed by atoms with Crippen molar-refractivity contribution in [1.29, 1.82) is 0 Å². The molecule has 0 radical (unpaired) electrons. The summed E-state index contributed by atoms with van der Waals surface area (Å²) >= 11 is 1.36. The second-order valence-electron chi connectivity index (χ2n) is 3.12. The van der Waals surface area contributed by atoms with E-state index < -0.39 is 17.3 Å². The van der Waals surface area contributed by atoms with Gasteiger partial charge in [0.05, 0.1) is 18.5 Å². The molecule has 0 aromatic heterocycles. The van der Waals surface area contributed by atoms with Crippen molar-refractivity contribution >= 4 is 17.7 Å². The second kappa shape index (κ2) is 8.96. The van der Waals surface area contributed by atoms with Crippen LogP contribution in [0.15, 0.2) is 0 Å². The van der Waals surface area contributed by atoms with Crippen LogP contribution in [-0.4, -0.2) is 58.2 Å². The first-order valence-electron chi connectivity index (χ1n) is 4.79. The van der Waals surface area contributed by atoms with Gasteiger partial charge in [-0.1, -0.05) is 0 Å². The highest BCUT2D eigenvalue weighted by molar-refractivity contribution is 8.00. The topological polar surface area (TPSA) is 87.0 Å². The van der Waals surface area contributed by atoms with E-state index in [0.29, 0.717) is 12.4 Å². The lowest BCUT2D eigenvalue weighted by Gasteiger charge is -2.08. The summed E-state index contributed by atoms with van der Waals surface area (Å²) in [7, 11) is 0. The number of carboxylic acid groups (broad SMARTS) is 1. The molecule has 0 spiro atoms. The highest BCUT2D eigenvalue weighted by Gasteiger charge is 2.10. The van der Waals surface area contributed by atoms with Crippen LogP contribution in [0.2, 0.25) is 0 Å². The van der Waals surface area contributed by atoms with Gasteiger partial charge < -0.3 is 20.1 Å². The Kier molecular flexibility index (Phi) is 8.79. The van der Waals surface area contributed by atoms with Gasteiger partial charge in [0.25, 0.3) is 0 Å². The van der Waals surface area contributed by atoms with Crippen molar-refractivity contribution in [3.05, 3.63) is 0 Å². The molecule has 0 aliphatic rings. The first-order valence-corrected chi connectivity index (χ1v) is 5.84. The van der Waals surface area contributed by atoms with Crippen LogP contribution in [-0.2, 0) is 9.53 Å². The first kappa shape index (κ1) is 14.7. The van der Waals surface area contributed by atoms with E-state index in [2.05, 4.69) is 0 Å². The summed E-state index contributed by atoms with van der Waals surface area (Å²) in [5, 5.41) is 25.6. The molecule has 15 heavy (non-hydrogen) atoms. The Morgan fingerprint density at radius 2 is 2.20 bits per heavy atom. The highest BCUT2D eigenvalue weighted by Crippen LogP contribution is 2.11. The van der Waals surface area contributed by atoms with Gasteiger partial charge in [-0.05, 0) is 19.1 Å². The molecule has 0 heterocycles. The molecule has 2 atom stereocenters. The summed E-state index contributed by atoms with van der Waals surface area (Å²) in [6.07, 6.45) is -0.0870. The summed E-state index contributed by atoms with van der Waals surface area (Å²) in [4.78, 5) is 10.4. The molecule has 0 aromatic carbocycles. The summed E-state index contributed by atoms with van der Waals surface area (Å²) in [5.41, 5.74) is 0. The highest BCUT2D eigenvalue weighted by atomic mass is 32.2. The van der Waals surface area contributed by atoms with Crippen molar-refractivity contribution in [3.63, 3.8) is 0 Å². The lowest BCUT2D eigenvalue weighted by molar-refractivity contribution is -0.136. The Bertz CT molecular complexity index is 176. The third kappa shape index (κ3) is 8.68. The molecule has 3 N–H and O–H groups in total. The number of ether oxygens (including phenoxy) is 1. The molecule has 0 bridgehead atoms. The summed E-state index contributed by atoms with van der Waals surface area (Å²) in [5.74, 6) is -0.0977. The van der Waals surface area contributed by atoms with E-state index in [1.807, 2.05) is 0 Å². The quantitative estimate of drug-likeness (QED) is 0.488. The van der Waals surface area contributed by atoms with E-state index in [9.17, 15) is 4.79 Å². The average Bonchev–Trinajstić information content (AvgIpc) is 2.22. The van der Waals surface area contributed by atoms with Gasteiger partial charge in [0, 0.05) is 6.61 Å². The lowest BCUT2D eigenvalue weighted by Crippen LogP contribution is -2.20. The smallest absolute Gasteiger partial charge is 0.316 e. The number of aliphatic carboxylic acids is 1. The molecule has 0 aliphatic heterocycles. The number of hydrogen-bond acceptors (Lipinski definition) is 5. The Morgan fingerprint density at radius 3 is 2.73 bits per heavy atom. The van der Waals surface area contributed by atoms with Gasteiger partial charge in [0.1, 0.15) is 6.10 Å². The van der Waals surface area contributed by atoms with Gasteiger partial charge in [-0.2, -0.15) is 0 Å². The van der Waals surface area contributed by atoms with Gasteiger partial charge in [-0.25, -0.2) is 0 Å². The van der Waals surface area contributed by atoms with Crippen LogP contribution in [0.3, 0.4) is 0 Å². The molecule has 0 saturated carbocycles. The maximum Gasteiger partial charge on any atom is 0.316 e. The Hall–Kier alpha value is -0.300. The summed E-state index contributed by atoms with van der Waals surface area (Å²) in [6.45, 7) is 1.93.